The van der Waals surface area contributed by atoms with E-state index in [1.807, 2.05) is 38.1 Å². The largest absolute Gasteiger partial charge is 0.496 e. The van der Waals surface area contributed by atoms with Gasteiger partial charge in [-0.2, -0.15) is 5.26 Å². The highest BCUT2D eigenvalue weighted by molar-refractivity contribution is 6.04. The minimum Gasteiger partial charge on any atom is -0.496 e. The second-order valence-corrected chi connectivity index (χ2v) is 7.61. The van der Waals surface area contributed by atoms with Gasteiger partial charge in [-0.15, -0.1) is 0 Å². The summed E-state index contributed by atoms with van der Waals surface area (Å²) in [5, 5.41) is 13.9. The Hall–Kier alpha value is -4.38. The summed E-state index contributed by atoms with van der Waals surface area (Å²) in [5.41, 5.74) is 5.84. The number of hydrogen-bond donors (Lipinski definition) is 1. The fourth-order valence-corrected chi connectivity index (χ4v) is 4.12. The predicted molar refractivity (Wildman–Crippen MR) is 120 cm³/mol. The smallest absolute Gasteiger partial charge is 0.326 e. The zero-order chi connectivity index (χ0) is 22.4. The summed E-state index contributed by atoms with van der Waals surface area (Å²) in [6.45, 7) is 4.10. The lowest BCUT2D eigenvalue weighted by Crippen LogP contribution is -2.17. The van der Waals surface area contributed by atoms with E-state index < -0.39 is 0 Å². The Balaban J connectivity index is 1.74. The molecule has 0 spiro atoms. The third-order valence-electron chi connectivity index (χ3n) is 5.64. The molecule has 32 heavy (non-hydrogen) atoms. The van der Waals surface area contributed by atoms with Crippen molar-refractivity contribution >= 4 is 21.9 Å². The minimum atomic E-state index is -0.229. The highest BCUT2D eigenvalue weighted by atomic mass is 16.5. The number of benzene rings is 2. The quantitative estimate of drug-likeness (QED) is 0.465. The van der Waals surface area contributed by atoms with E-state index in [0.29, 0.717) is 29.1 Å². The maximum Gasteiger partial charge on any atom is 0.326 e. The van der Waals surface area contributed by atoms with Crippen molar-refractivity contribution in [2.24, 2.45) is 0 Å². The molecule has 0 unspecified atom stereocenters. The zero-order valence-corrected chi connectivity index (χ0v) is 17.8. The van der Waals surface area contributed by atoms with Crippen LogP contribution in [-0.2, 0) is 6.54 Å². The van der Waals surface area contributed by atoms with Gasteiger partial charge in [0.05, 0.1) is 59.3 Å². The molecular weight excluding hydrogens is 406 g/mol. The summed E-state index contributed by atoms with van der Waals surface area (Å²) in [5.74, 6) is 1.33. The summed E-state index contributed by atoms with van der Waals surface area (Å²) in [6.07, 6.45) is 1.66. The number of H-pyrrole nitrogens is 1. The summed E-state index contributed by atoms with van der Waals surface area (Å²) < 4.78 is 12.7. The summed E-state index contributed by atoms with van der Waals surface area (Å²) in [7, 11) is 1.61. The van der Waals surface area contributed by atoms with Crippen LogP contribution in [0.5, 0.6) is 5.75 Å². The highest BCUT2D eigenvalue weighted by Gasteiger charge is 2.19. The highest BCUT2D eigenvalue weighted by Crippen LogP contribution is 2.38. The van der Waals surface area contributed by atoms with E-state index in [0.717, 1.165) is 38.8 Å². The van der Waals surface area contributed by atoms with Gasteiger partial charge in [0.25, 0.3) is 0 Å². The van der Waals surface area contributed by atoms with E-state index in [1.54, 1.807) is 30.0 Å². The molecule has 8 heteroatoms. The first-order chi connectivity index (χ1) is 15.5. The number of pyridine rings is 1. The number of aryl methyl sites for hydroxylation is 2. The zero-order valence-electron chi connectivity index (χ0n) is 17.8. The van der Waals surface area contributed by atoms with Gasteiger partial charge in [0.2, 0.25) is 0 Å². The van der Waals surface area contributed by atoms with Crippen LogP contribution in [0.2, 0.25) is 0 Å². The van der Waals surface area contributed by atoms with Crippen molar-refractivity contribution in [2.75, 3.05) is 7.11 Å². The molecule has 0 atom stereocenters. The van der Waals surface area contributed by atoms with Crippen molar-refractivity contribution in [3.63, 3.8) is 0 Å². The number of nitrogens with one attached hydrogen (secondary N) is 1. The van der Waals surface area contributed by atoms with Gasteiger partial charge >= 0.3 is 5.69 Å². The number of rotatable bonds is 4. The number of hydrogen-bond acceptors (Lipinski definition) is 6. The molecule has 0 saturated heterocycles. The molecule has 3 aromatic heterocycles. The van der Waals surface area contributed by atoms with Gasteiger partial charge in [-0.3, -0.25) is 9.55 Å². The lowest BCUT2D eigenvalue weighted by molar-refractivity contribution is 0.393. The van der Waals surface area contributed by atoms with Crippen LogP contribution in [0.1, 0.15) is 22.6 Å². The Bertz CT molecular complexity index is 1560. The Morgan fingerprint density at radius 1 is 1.22 bits per heavy atom. The molecule has 0 aliphatic heterocycles. The average Bonchev–Trinajstić information content (AvgIpc) is 3.31. The molecule has 0 aliphatic rings. The lowest BCUT2D eigenvalue weighted by Gasteiger charge is -2.12. The number of aromatic amines is 1. The van der Waals surface area contributed by atoms with Gasteiger partial charge in [0.15, 0.2) is 0 Å². The van der Waals surface area contributed by atoms with Crippen molar-refractivity contribution in [1.29, 1.82) is 5.26 Å². The van der Waals surface area contributed by atoms with Crippen molar-refractivity contribution < 1.29 is 9.26 Å². The lowest BCUT2D eigenvalue weighted by atomic mass is 10.0. The van der Waals surface area contributed by atoms with Crippen LogP contribution < -0.4 is 10.4 Å². The molecule has 0 amide bonds. The van der Waals surface area contributed by atoms with Crippen LogP contribution in [0.25, 0.3) is 33.1 Å². The fraction of sp³-hybridized carbons (Fsp3) is 0.167. The molecule has 5 rings (SSSR count). The number of fused-ring (bicyclic) bond motifs is 3. The van der Waals surface area contributed by atoms with E-state index in [9.17, 15) is 4.79 Å². The molecule has 1 N–H and O–H groups in total. The SMILES string of the molecule is COc1cc2c(cc1-c1c(C)noc1C)ncc1[nH]c(=O)n(Cc3ccc(C#N)cc3)c12. The van der Waals surface area contributed by atoms with Crippen LogP contribution in [0.3, 0.4) is 0 Å². The maximum absolute atomic E-state index is 12.8. The number of nitrogens with zero attached hydrogens (tertiary/aromatic N) is 4. The predicted octanol–water partition coefficient (Wildman–Crippen LogP) is 4.08. The molecule has 2 aromatic carbocycles. The third-order valence-corrected chi connectivity index (χ3v) is 5.64. The Kier molecular flexibility index (Phi) is 4.52. The molecule has 0 bridgehead atoms. The minimum absolute atomic E-state index is 0.229. The van der Waals surface area contributed by atoms with Crippen LogP contribution in [0, 0.1) is 25.2 Å². The van der Waals surface area contributed by atoms with Crippen molar-refractivity contribution in [2.45, 2.75) is 20.4 Å². The molecular formula is C24H19N5O3. The van der Waals surface area contributed by atoms with Crippen molar-refractivity contribution in [3.05, 3.63) is 75.7 Å². The third kappa shape index (κ3) is 3.03. The molecule has 3 heterocycles. The standard InChI is InChI=1S/C24H19N5O3/c1-13-22(14(2)32-28-13)18-8-19-17(9-21(18)31-3)23-20(11-26-19)27-24(30)29(23)12-16-6-4-15(10-25)5-7-16/h4-9,11H,12H2,1-3H3,(H,27,30). The summed E-state index contributed by atoms with van der Waals surface area (Å²) >= 11 is 0. The summed E-state index contributed by atoms with van der Waals surface area (Å²) in [4.78, 5) is 20.2. The fourth-order valence-electron chi connectivity index (χ4n) is 4.12. The van der Waals surface area contributed by atoms with Crippen LogP contribution in [0.15, 0.2) is 51.9 Å². The van der Waals surface area contributed by atoms with E-state index in [-0.39, 0.29) is 5.69 Å². The Morgan fingerprint density at radius 3 is 2.66 bits per heavy atom. The first kappa shape index (κ1) is 19.6. The number of methoxy groups -OCH3 is 1. The molecule has 5 aromatic rings. The van der Waals surface area contributed by atoms with Crippen molar-refractivity contribution in [1.82, 2.24) is 19.7 Å². The van der Waals surface area contributed by atoms with Gasteiger partial charge in [-0.25, -0.2) is 4.79 Å². The maximum atomic E-state index is 12.8. The Morgan fingerprint density at radius 2 is 2.00 bits per heavy atom. The average molecular weight is 425 g/mol. The van der Waals surface area contributed by atoms with E-state index in [2.05, 4.69) is 21.2 Å². The molecule has 0 saturated carbocycles. The molecule has 0 fully saturated rings. The van der Waals surface area contributed by atoms with Gasteiger partial charge < -0.3 is 14.2 Å². The molecule has 8 nitrogen and oxygen atoms in total. The second-order valence-electron chi connectivity index (χ2n) is 7.61. The van der Waals surface area contributed by atoms with Gasteiger partial charge in [-0.1, -0.05) is 17.3 Å². The van der Waals surface area contributed by atoms with Gasteiger partial charge in [0, 0.05) is 10.9 Å². The molecule has 0 aliphatic carbocycles. The van der Waals surface area contributed by atoms with E-state index in [1.165, 1.54) is 0 Å². The van der Waals surface area contributed by atoms with Gasteiger partial charge in [-0.05, 0) is 43.7 Å². The number of aromatic nitrogens is 4. The number of ether oxygens (including phenoxy) is 1. The number of nitriles is 1. The topological polar surface area (TPSA) is 110 Å². The van der Waals surface area contributed by atoms with Crippen molar-refractivity contribution in [3.8, 4) is 22.9 Å². The first-order valence-corrected chi connectivity index (χ1v) is 10.0. The number of imidazole rings is 1. The van der Waals surface area contributed by atoms with Crippen LogP contribution in [-0.4, -0.2) is 26.8 Å². The monoisotopic (exact) mass is 425 g/mol. The summed E-state index contributed by atoms with van der Waals surface area (Å²) in [6, 6.07) is 13.1. The second kappa shape index (κ2) is 7.39. The van der Waals surface area contributed by atoms with E-state index in [4.69, 9.17) is 14.5 Å². The van der Waals surface area contributed by atoms with Crippen LogP contribution in [0.4, 0.5) is 0 Å². The molecule has 158 valence electrons. The Labute approximate surface area is 182 Å². The van der Waals surface area contributed by atoms with Crippen LogP contribution >= 0.6 is 0 Å². The first-order valence-electron chi connectivity index (χ1n) is 10.0. The normalized spacial score (nSPS) is 11.2. The molecule has 0 radical (unpaired) electrons. The van der Waals surface area contributed by atoms with Gasteiger partial charge in [0.1, 0.15) is 11.5 Å². The van der Waals surface area contributed by atoms with E-state index >= 15 is 0 Å².